The third-order valence-corrected chi connectivity index (χ3v) is 7.09. The largest absolute Gasteiger partial charge is 0.437 e. The molecule has 8 heteroatoms. The minimum absolute atomic E-state index is 0.0630. The maximum atomic E-state index is 10.0. The molecular weight excluding hydrogens is 423 g/mol. The summed E-state index contributed by atoms with van der Waals surface area (Å²) in [6, 6.07) is 10.6. The van der Waals surface area contributed by atoms with Crippen molar-refractivity contribution in [3.8, 4) is 0 Å². The van der Waals surface area contributed by atoms with Crippen LogP contribution in [0.1, 0.15) is 28.4 Å². The minimum Gasteiger partial charge on any atom is -0.437 e. The molecule has 6 nitrogen and oxygen atoms in total. The van der Waals surface area contributed by atoms with Gasteiger partial charge in [-0.15, -0.1) is 0 Å². The minimum atomic E-state index is -0.412. The van der Waals surface area contributed by atoms with Crippen LogP contribution in [0.5, 0.6) is 0 Å². The quantitative estimate of drug-likeness (QED) is 0.720. The first-order valence-electron chi connectivity index (χ1n) is 11.5. The van der Waals surface area contributed by atoms with Crippen LogP contribution < -0.4 is 0 Å². The lowest BCUT2D eigenvalue weighted by molar-refractivity contribution is 0.0444. The van der Waals surface area contributed by atoms with Crippen LogP contribution in [0.3, 0.4) is 0 Å². The van der Waals surface area contributed by atoms with Crippen molar-refractivity contribution in [3.05, 3.63) is 63.9 Å². The predicted octanol–water partition coefficient (Wildman–Crippen LogP) is 2.74. The lowest BCUT2D eigenvalue weighted by Crippen LogP contribution is -2.52. The van der Waals surface area contributed by atoms with E-state index in [1.165, 1.54) is 22.3 Å². The Bertz CT molecular complexity index is 988. The van der Waals surface area contributed by atoms with E-state index in [-0.39, 0.29) is 6.04 Å². The monoisotopic (exact) mass is 452 g/mol. The van der Waals surface area contributed by atoms with Gasteiger partial charge in [0.2, 0.25) is 0 Å². The highest BCUT2D eigenvalue weighted by molar-refractivity contribution is 6.45. The van der Waals surface area contributed by atoms with E-state index in [4.69, 9.17) is 21.3 Å². The van der Waals surface area contributed by atoms with Gasteiger partial charge in [0.05, 0.1) is 24.9 Å². The molecule has 2 saturated heterocycles. The molecule has 2 aromatic rings. The second kappa shape index (κ2) is 9.63. The third kappa shape index (κ3) is 4.51. The molecule has 1 aliphatic carbocycles. The summed E-state index contributed by atoms with van der Waals surface area (Å²) in [5, 5.41) is 10.8. The molecule has 2 fully saturated rings. The average Bonchev–Trinajstić information content (AvgIpc) is 2.94. The number of piperazine rings is 1. The van der Waals surface area contributed by atoms with E-state index >= 15 is 0 Å². The summed E-state index contributed by atoms with van der Waals surface area (Å²) in [6.45, 7) is 9.61. The molecule has 2 aliphatic heterocycles. The Morgan fingerprint density at radius 2 is 1.91 bits per heavy atom. The van der Waals surface area contributed by atoms with Gasteiger partial charge in [-0.1, -0.05) is 23.7 Å². The highest BCUT2D eigenvalue weighted by Crippen LogP contribution is 2.40. The van der Waals surface area contributed by atoms with Crippen molar-refractivity contribution in [1.29, 1.82) is 0 Å². The van der Waals surface area contributed by atoms with E-state index in [9.17, 15) is 5.02 Å². The Morgan fingerprint density at radius 3 is 2.66 bits per heavy atom. The van der Waals surface area contributed by atoms with Crippen LogP contribution in [-0.4, -0.2) is 90.7 Å². The lowest BCUT2D eigenvalue weighted by atomic mass is 9.84. The second-order valence-corrected chi connectivity index (χ2v) is 9.31. The molecule has 0 saturated carbocycles. The first-order chi connectivity index (χ1) is 15.6. The second-order valence-electron chi connectivity index (χ2n) is 8.87. The number of benzene rings is 1. The molecule has 1 unspecified atom stereocenters. The normalized spacial score (nSPS) is 22.6. The predicted molar refractivity (Wildman–Crippen MR) is 130 cm³/mol. The number of hydrogen-bond acceptors (Lipinski definition) is 6. The van der Waals surface area contributed by atoms with Crippen LogP contribution in [0.25, 0.3) is 11.6 Å². The first kappa shape index (κ1) is 22.1. The van der Waals surface area contributed by atoms with Crippen molar-refractivity contribution >= 4 is 30.3 Å². The number of ether oxygens (including phenoxy) is 1. The molecule has 5 rings (SSSR count). The van der Waals surface area contributed by atoms with Crippen molar-refractivity contribution in [3.63, 3.8) is 0 Å². The molecule has 3 heterocycles. The zero-order valence-electron chi connectivity index (χ0n) is 18.6. The van der Waals surface area contributed by atoms with E-state index in [0.717, 1.165) is 69.7 Å². The number of halogens is 1. The number of aromatic nitrogens is 1. The average molecular weight is 453 g/mol. The van der Waals surface area contributed by atoms with Gasteiger partial charge in [0.25, 0.3) is 0 Å². The van der Waals surface area contributed by atoms with E-state index in [2.05, 4.69) is 38.9 Å². The van der Waals surface area contributed by atoms with Crippen molar-refractivity contribution in [2.24, 2.45) is 0 Å². The van der Waals surface area contributed by atoms with Gasteiger partial charge in [0, 0.05) is 57.0 Å². The lowest BCUT2D eigenvalue weighted by Gasteiger charge is -2.40. The van der Waals surface area contributed by atoms with E-state index in [1.54, 1.807) is 0 Å². The fourth-order valence-electron chi connectivity index (χ4n) is 5.11. The highest BCUT2D eigenvalue weighted by Gasteiger charge is 2.34. The number of fused-ring (bicyclic) bond motifs is 2. The van der Waals surface area contributed by atoms with E-state index in [1.807, 2.05) is 25.2 Å². The van der Waals surface area contributed by atoms with E-state index < -0.39 is 7.05 Å². The Labute approximate surface area is 195 Å². The molecule has 1 N–H and O–H groups in total. The number of morpholine rings is 1. The Hall–Kier alpha value is -1.74. The standard InChI is InChI=1S/C24H30BClN4O2/c1-25(31)30-9-7-29(8-10-30)24-21-5-4-20(26)16-22(21)19(17-28-11-13-32-14-12-28)15-18-3-2-6-27-23(18)24/h2-6,15-16,24,31H,7-14,17H2,1H3. The molecule has 0 radical (unpaired) electrons. The number of nitrogens with zero attached hydrogens (tertiary/aromatic N) is 4. The number of hydrogen-bond donors (Lipinski definition) is 1. The molecule has 1 atom stereocenters. The molecule has 0 amide bonds. The summed E-state index contributed by atoms with van der Waals surface area (Å²) < 4.78 is 5.56. The van der Waals surface area contributed by atoms with Gasteiger partial charge in [-0.2, -0.15) is 0 Å². The van der Waals surface area contributed by atoms with Crippen molar-refractivity contribution in [2.75, 3.05) is 59.0 Å². The van der Waals surface area contributed by atoms with Crippen LogP contribution in [0.2, 0.25) is 11.8 Å². The van der Waals surface area contributed by atoms with Gasteiger partial charge in [-0.25, -0.2) is 0 Å². The highest BCUT2D eigenvalue weighted by atomic mass is 35.5. The zero-order valence-corrected chi connectivity index (χ0v) is 19.3. The Kier molecular flexibility index (Phi) is 6.65. The van der Waals surface area contributed by atoms with Gasteiger partial charge < -0.3 is 14.6 Å². The maximum absolute atomic E-state index is 10.0. The Balaban J connectivity index is 1.55. The fraction of sp³-hybridized carbons (Fsp3) is 0.458. The summed E-state index contributed by atoms with van der Waals surface area (Å²) in [5.41, 5.74) is 6.02. The number of pyridine rings is 1. The zero-order chi connectivity index (χ0) is 22.1. The molecule has 32 heavy (non-hydrogen) atoms. The van der Waals surface area contributed by atoms with Gasteiger partial charge in [-0.05, 0) is 53.4 Å². The van der Waals surface area contributed by atoms with Gasteiger partial charge >= 0.3 is 7.05 Å². The van der Waals surface area contributed by atoms with Crippen molar-refractivity contribution in [2.45, 2.75) is 12.9 Å². The molecule has 1 aromatic heterocycles. The third-order valence-electron chi connectivity index (χ3n) is 6.86. The maximum Gasteiger partial charge on any atom is 0.376 e. The van der Waals surface area contributed by atoms with Crippen LogP contribution in [-0.2, 0) is 4.74 Å². The smallest absolute Gasteiger partial charge is 0.376 e. The van der Waals surface area contributed by atoms with Crippen molar-refractivity contribution in [1.82, 2.24) is 19.6 Å². The summed E-state index contributed by atoms with van der Waals surface area (Å²) >= 11 is 6.51. The fourth-order valence-corrected chi connectivity index (χ4v) is 5.28. The summed E-state index contributed by atoms with van der Waals surface area (Å²) in [7, 11) is -0.412. The van der Waals surface area contributed by atoms with Crippen LogP contribution in [0.4, 0.5) is 0 Å². The van der Waals surface area contributed by atoms with Gasteiger partial charge in [0.1, 0.15) is 0 Å². The van der Waals surface area contributed by atoms with Crippen LogP contribution in [0, 0.1) is 0 Å². The van der Waals surface area contributed by atoms with Gasteiger partial charge in [-0.3, -0.25) is 14.8 Å². The van der Waals surface area contributed by atoms with Crippen molar-refractivity contribution < 1.29 is 9.76 Å². The summed E-state index contributed by atoms with van der Waals surface area (Å²) in [6.07, 6.45) is 4.20. The molecule has 168 valence electrons. The molecule has 0 bridgehead atoms. The topological polar surface area (TPSA) is 52.1 Å². The number of rotatable bonds is 4. The van der Waals surface area contributed by atoms with Crippen LogP contribution in [0.15, 0.2) is 36.5 Å². The SMILES string of the molecule is CB(O)N1CCN(C2c3ccc(Cl)cc3C(CN3CCOCC3)=Cc3cccnc32)CC1. The Morgan fingerprint density at radius 1 is 1.12 bits per heavy atom. The molecule has 3 aliphatic rings. The van der Waals surface area contributed by atoms with Gasteiger partial charge in [0.15, 0.2) is 0 Å². The molecule has 0 spiro atoms. The van der Waals surface area contributed by atoms with E-state index in [0.29, 0.717) is 0 Å². The first-order valence-corrected chi connectivity index (χ1v) is 11.9. The summed E-state index contributed by atoms with van der Waals surface area (Å²) in [5.74, 6) is 0. The molecular formula is C24H30BClN4O2. The summed E-state index contributed by atoms with van der Waals surface area (Å²) in [4.78, 5) is 12.0. The van der Waals surface area contributed by atoms with Crippen LogP contribution >= 0.6 is 11.6 Å². The molecule has 1 aromatic carbocycles.